The Kier molecular flexibility index (Phi) is 2.44. The third-order valence-corrected chi connectivity index (χ3v) is 3.21. The van der Waals surface area contributed by atoms with Crippen molar-refractivity contribution in [3.63, 3.8) is 0 Å². The van der Waals surface area contributed by atoms with E-state index in [0.717, 1.165) is 0 Å². The van der Waals surface area contributed by atoms with Gasteiger partial charge in [-0.15, -0.1) is 0 Å². The van der Waals surface area contributed by atoms with Gasteiger partial charge in [-0.05, 0) is 18.3 Å². The van der Waals surface area contributed by atoms with E-state index in [1.54, 1.807) is 0 Å². The quantitative estimate of drug-likeness (QED) is 0.709. The summed E-state index contributed by atoms with van der Waals surface area (Å²) in [4.78, 5) is 10.9. The molecule has 72 valence electrons. The fourth-order valence-corrected chi connectivity index (χ4v) is 2.15. The number of nitriles is 1. The first-order chi connectivity index (χ1) is 5.92. The van der Waals surface area contributed by atoms with Crippen LogP contribution in [0.15, 0.2) is 0 Å². The lowest BCUT2D eigenvalue weighted by molar-refractivity contribution is -0.126. The van der Waals surface area contributed by atoms with E-state index in [4.69, 9.17) is 5.26 Å². The van der Waals surface area contributed by atoms with Crippen LogP contribution in [0.2, 0.25) is 0 Å². The van der Waals surface area contributed by atoms with Crippen LogP contribution in [-0.4, -0.2) is 17.0 Å². The standard InChI is InChI=1S/C10H15NO2/c1-6(12)9(13)8-7(4-5-11)10(8,2)3/h7-9,13H,4H2,1-3H3/t7-,8-,9+/m1/s1. The number of nitrogens with zero attached hydrogens (tertiary/aromatic N) is 1. The van der Waals surface area contributed by atoms with Crippen molar-refractivity contribution in [2.75, 3.05) is 0 Å². The molecule has 3 heteroatoms. The first kappa shape index (κ1) is 10.2. The summed E-state index contributed by atoms with van der Waals surface area (Å²) in [6, 6.07) is 2.09. The Morgan fingerprint density at radius 1 is 1.69 bits per heavy atom. The van der Waals surface area contributed by atoms with Crippen LogP contribution in [-0.2, 0) is 4.79 Å². The zero-order valence-corrected chi connectivity index (χ0v) is 8.24. The minimum atomic E-state index is -0.881. The number of hydrogen-bond acceptors (Lipinski definition) is 3. The van der Waals surface area contributed by atoms with Crippen LogP contribution in [0, 0.1) is 28.6 Å². The molecule has 0 aromatic heterocycles. The first-order valence-corrected chi connectivity index (χ1v) is 4.48. The van der Waals surface area contributed by atoms with Crippen LogP contribution >= 0.6 is 0 Å². The molecule has 1 N–H and O–H groups in total. The Balaban J connectivity index is 2.65. The second-order valence-corrected chi connectivity index (χ2v) is 4.37. The van der Waals surface area contributed by atoms with Gasteiger partial charge < -0.3 is 5.11 Å². The highest BCUT2D eigenvalue weighted by molar-refractivity contribution is 5.81. The predicted octanol–water partition coefficient (Wildman–Crippen LogP) is 1.12. The van der Waals surface area contributed by atoms with Crippen molar-refractivity contribution in [3.05, 3.63) is 0 Å². The molecule has 0 amide bonds. The maximum atomic E-state index is 10.9. The lowest BCUT2D eigenvalue weighted by atomic mass is 10.0. The van der Waals surface area contributed by atoms with Gasteiger partial charge in [0.05, 0.1) is 6.07 Å². The van der Waals surface area contributed by atoms with E-state index in [1.807, 2.05) is 13.8 Å². The molecule has 1 saturated carbocycles. The lowest BCUT2D eigenvalue weighted by Gasteiger charge is -2.07. The summed E-state index contributed by atoms with van der Waals surface area (Å²) in [6.07, 6.45) is -0.449. The molecule has 1 fully saturated rings. The van der Waals surface area contributed by atoms with Gasteiger partial charge in [0.1, 0.15) is 6.10 Å². The maximum absolute atomic E-state index is 10.9. The zero-order valence-electron chi connectivity index (χ0n) is 8.24. The molecule has 1 aliphatic carbocycles. The van der Waals surface area contributed by atoms with E-state index in [2.05, 4.69) is 6.07 Å². The van der Waals surface area contributed by atoms with Crippen LogP contribution in [0.3, 0.4) is 0 Å². The molecule has 0 radical (unpaired) electrons. The highest BCUT2D eigenvalue weighted by Gasteiger charge is 2.61. The fraction of sp³-hybridized carbons (Fsp3) is 0.800. The second kappa shape index (κ2) is 3.12. The predicted molar refractivity (Wildman–Crippen MR) is 47.7 cm³/mol. The molecule has 0 heterocycles. The van der Waals surface area contributed by atoms with Crippen LogP contribution < -0.4 is 0 Å². The number of ketones is 1. The third kappa shape index (κ3) is 1.59. The second-order valence-electron chi connectivity index (χ2n) is 4.37. The van der Waals surface area contributed by atoms with E-state index in [-0.39, 0.29) is 23.0 Å². The van der Waals surface area contributed by atoms with Gasteiger partial charge in [0.25, 0.3) is 0 Å². The smallest absolute Gasteiger partial charge is 0.158 e. The molecule has 1 aliphatic rings. The molecule has 1 rings (SSSR count). The van der Waals surface area contributed by atoms with Gasteiger partial charge in [0.2, 0.25) is 0 Å². The van der Waals surface area contributed by atoms with E-state index < -0.39 is 6.10 Å². The Labute approximate surface area is 78.4 Å². The molecule has 0 aromatic carbocycles. The van der Waals surface area contributed by atoms with Crippen molar-refractivity contribution in [1.82, 2.24) is 0 Å². The van der Waals surface area contributed by atoms with Gasteiger partial charge in [-0.1, -0.05) is 13.8 Å². The number of aliphatic hydroxyl groups is 1. The minimum Gasteiger partial charge on any atom is -0.385 e. The highest BCUT2D eigenvalue weighted by atomic mass is 16.3. The molecule has 3 nitrogen and oxygen atoms in total. The molecule has 13 heavy (non-hydrogen) atoms. The van der Waals surface area contributed by atoms with Gasteiger partial charge in [-0.25, -0.2) is 0 Å². The van der Waals surface area contributed by atoms with Gasteiger partial charge in [-0.2, -0.15) is 5.26 Å². The number of rotatable bonds is 3. The molecule has 0 spiro atoms. The first-order valence-electron chi connectivity index (χ1n) is 4.48. The van der Waals surface area contributed by atoms with E-state index in [0.29, 0.717) is 6.42 Å². The minimum absolute atomic E-state index is 0.0235. The van der Waals surface area contributed by atoms with E-state index >= 15 is 0 Å². The number of carbonyl (C=O) groups excluding carboxylic acids is 1. The monoisotopic (exact) mass is 181 g/mol. The van der Waals surface area contributed by atoms with Crippen LogP contribution in [0.5, 0.6) is 0 Å². The van der Waals surface area contributed by atoms with Crippen LogP contribution in [0.1, 0.15) is 27.2 Å². The van der Waals surface area contributed by atoms with Crippen molar-refractivity contribution >= 4 is 5.78 Å². The zero-order chi connectivity index (χ0) is 10.2. The third-order valence-electron chi connectivity index (χ3n) is 3.21. The molecule has 3 atom stereocenters. The van der Waals surface area contributed by atoms with Gasteiger partial charge in [0, 0.05) is 12.3 Å². The molecule has 0 saturated heterocycles. The van der Waals surface area contributed by atoms with Crippen molar-refractivity contribution in [1.29, 1.82) is 5.26 Å². The summed E-state index contributed by atoms with van der Waals surface area (Å²) in [5.41, 5.74) is -0.0547. The van der Waals surface area contributed by atoms with Crippen LogP contribution in [0.25, 0.3) is 0 Å². The highest BCUT2D eigenvalue weighted by Crippen LogP contribution is 2.61. The van der Waals surface area contributed by atoms with E-state index in [9.17, 15) is 9.90 Å². The number of carbonyl (C=O) groups is 1. The number of hydrogen-bond donors (Lipinski definition) is 1. The molecule has 0 aliphatic heterocycles. The van der Waals surface area contributed by atoms with E-state index in [1.165, 1.54) is 6.92 Å². The Morgan fingerprint density at radius 2 is 2.23 bits per heavy atom. The molecule has 0 aromatic rings. The largest absolute Gasteiger partial charge is 0.385 e. The number of Topliss-reactive ketones (excluding diaryl/α,β-unsaturated/α-hetero) is 1. The molecular weight excluding hydrogens is 166 g/mol. The molecule has 0 unspecified atom stereocenters. The van der Waals surface area contributed by atoms with Gasteiger partial charge in [-0.3, -0.25) is 4.79 Å². The average Bonchev–Trinajstić information content (AvgIpc) is 2.53. The van der Waals surface area contributed by atoms with Crippen molar-refractivity contribution in [3.8, 4) is 6.07 Å². The number of aliphatic hydroxyl groups excluding tert-OH is 1. The van der Waals surface area contributed by atoms with Crippen LogP contribution in [0.4, 0.5) is 0 Å². The summed E-state index contributed by atoms with van der Waals surface area (Å²) >= 11 is 0. The van der Waals surface area contributed by atoms with Gasteiger partial charge >= 0.3 is 0 Å². The summed E-state index contributed by atoms with van der Waals surface area (Å²) in [6.45, 7) is 5.38. The topological polar surface area (TPSA) is 61.1 Å². The summed E-state index contributed by atoms with van der Waals surface area (Å²) in [7, 11) is 0. The SMILES string of the molecule is CC(=O)[C@H](O)[C@H]1[C@@H](CC#N)C1(C)C. The Bertz CT molecular complexity index is 265. The van der Waals surface area contributed by atoms with Crippen molar-refractivity contribution < 1.29 is 9.90 Å². The average molecular weight is 181 g/mol. The lowest BCUT2D eigenvalue weighted by Crippen LogP contribution is -2.22. The Morgan fingerprint density at radius 3 is 2.62 bits per heavy atom. The maximum Gasteiger partial charge on any atom is 0.158 e. The fourth-order valence-electron chi connectivity index (χ4n) is 2.15. The normalized spacial score (nSPS) is 31.9. The molecular formula is C10H15NO2. The van der Waals surface area contributed by atoms with Crippen molar-refractivity contribution in [2.24, 2.45) is 17.3 Å². The Hall–Kier alpha value is -0.880. The molecule has 0 bridgehead atoms. The van der Waals surface area contributed by atoms with Gasteiger partial charge in [0.15, 0.2) is 5.78 Å². The summed E-state index contributed by atoms with van der Waals surface area (Å²) in [5.74, 6) is -0.0421. The van der Waals surface area contributed by atoms with Crippen molar-refractivity contribution in [2.45, 2.75) is 33.3 Å². The summed E-state index contributed by atoms with van der Waals surface area (Å²) in [5, 5.41) is 18.1. The summed E-state index contributed by atoms with van der Waals surface area (Å²) < 4.78 is 0.